The van der Waals surface area contributed by atoms with Crippen molar-refractivity contribution < 1.29 is 14.3 Å². The highest BCUT2D eigenvalue weighted by atomic mass is 16.5. The van der Waals surface area contributed by atoms with E-state index in [2.05, 4.69) is 5.32 Å². The topological polar surface area (TPSA) is 76.5 Å². The maximum Gasteiger partial charge on any atom is 0.255 e. The minimum Gasteiger partial charge on any atom is -0.496 e. The van der Waals surface area contributed by atoms with Crippen molar-refractivity contribution in [1.29, 1.82) is 0 Å². The molecular formula is C26H30N4O3. The van der Waals surface area contributed by atoms with Crippen molar-refractivity contribution in [3.8, 4) is 22.7 Å². The molecule has 0 aliphatic carbocycles. The maximum atomic E-state index is 13.2. The standard InChI is InChI=1S/C26H30N4O3/c1-33-23-14-8-7-13-21(23)25-22(19-30(28-25)20-11-4-2-5-12-20)26(32)27-16-10-18-29-17-9-3-6-15-24(29)31/h2,4-5,7-8,11-14,19H,3,6,9-10,15-18H2,1H3,(H,27,32). The van der Waals surface area contributed by atoms with Crippen molar-refractivity contribution in [2.45, 2.75) is 32.1 Å². The van der Waals surface area contributed by atoms with Crippen LogP contribution < -0.4 is 10.1 Å². The molecule has 2 aromatic carbocycles. The molecule has 2 heterocycles. The summed E-state index contributed by atoms with van der Waals surface area (Å²) in [4.78, 5) is 27.3. The van der Waals surface area contributed by atoms with Gasteiger partial charge < -0.3 is 15.0 Å². The molecule has 0 unspecified atom stereocenters. The summed E-state index contributed by atoms with van der Waals surface area (Å²) in [6.45, 7) is 1.97. The number of amides is 2. The molecule has 0 radical (unpaired) electrons. The fourth-order valence-electron chi connectivity index (χ4n) is 4.13. The summed E-state index contributed by atoms with van der Waals surface area (Å²) in [6, 6.07) is 17.2. The number of benzene rings is 2. The predicted molar refractivity (Wildman–Crippen MR) is 128 cm³/mol. The first-order chi connectivity index (χ1) is 16.2. The summed E-state index contributed by atoms with van der Waals surface area (Å²) >= 11 is 0. The summed E-state index contributed by atoms with van der Waals surface area (Å²) in [6.07, 6.45) is 6.24. The molecule has 7 nitrogen and oxygen atoms in total. The van der Waals surface area contributed by atoms with E-state index < -0.39 is 0 Å². The van der Waals surface area contributed by atoms with Gasteiger partial charge in [0.25, 0.3) is 5.91 Å². The molecular weight excluding hydrogens is 416 g/mol. The van der Waals surface area contributed by atoms with E-state index >= 15 is 0 Å². The summed E-state index contributed by atoms with van der Waals surface area (Å²) in [5.41, 5.74) is 2.67. The molecule has 33 heavy (non-hydrogen) atoms. The normalized spacial score (nSPS) is 14.1. The fourth-order valence-corrected chi connectivity index (χ4v) is 4.13. The molecule has 1 fully saturated rings. The molecule has 1 saturated heterocycles. The van der Waals surface area contributed by atoms with Gasteiger partial charge in [-0.3, -0.25) is 9.59 Å². The molecule has 1 N–H and O–H groups in total. The summed E-state index contributed by atoms with van der Waals surface area (Å²) in [5.74, 6) is 0.686. The van der Waals surface area contributed by atoms with Gasteiger partial charge in [0.15, 0.2) is 0 Å². The van der Waals surface area contributed by atoms with E-state index in [0.29, 0.717) is 42.9 Å². The molecule has 1 aliphatic heterocycles. The first-order valence-corrected chi connectivity index (χ1v) is 11.5. The van der Waals surface area contributed by atoms with E-state index in [1.165, 1.54) is 0 Å². The zero-order valence-electron chi connectivity index (χ0n) is 19.0. The molecule has 7 heteroatoms. The van der Waals surface area contributed by atoms with Crippen molar-refractivity contribution in [2.75, 3.05) is 26.7 Å². The van der Waals surface area contributed by atoms with Gasteiger partial charge in [-0.15, -0.1) is 0 Å². The highest BCUT2D eigenvalue weighted by molar-refractivity contribution is 6.00. The number of hydrogen-bond donors (Lipinski definition) is 1. The lowest BCUT2D eigenvalue weighted by Gasteiger charge is -2.20. The van der Waals surface area contributed by atoms with Crippen molar-refractivity contribution in [1.82, 2.24) is 20.0 Å². The van der Waals surface area contributed by atoms with E-state index in [1.54, 1.807) is 18.0 Å². The minimum atomic E-state index is -0.194. The van der Waals surface area contributed by atoms with E-state index in [0.717, 1.165) is 37.1 Å². The number of para-hydroxylation sites is 2. The van der Waals surface area contributed by atoms with Gasteiger partial charge >= 0.3 is 0 Å². The smallest absolute Gasteiger partial charge is 0.255 e. The Kier molecular flexibility index (Phi) is 7.40. The zero-order valence-corrected chi connectivity index (χ0v) is 19.0. The Bertz CT molecular complexity index is 1090. The van der Waals surface area contributed by atoms with Crippen LogP contribution in [0, 0.1) is 0 Å². The van der Waals surface area contributed by atoms with Crippen LogP contribution in [0.5, 0.6) is 5.75 Å². The number of aromatic nitrogens is 2. The average molecular weight is 447 g/mol. The monoisotopic (exact) mass is 446 g/mol. The largest absolute Gasteiger partial charge is 0.496 e. The molecule has 4 rings (SSSR count). The summed E-state index contributed by atoms with van der Waals surface area (Å²) in [7, 11) is 1.61. The number of nitrogens with zero attached hydrogens (tertiary/aromatic N) is 3. The lowest BCUT2D eigenvalue weighted by molar-refractivity contribution is -0.130. The third kappa shape index (κ3) is 5.42. The third-order valence-electron chi connectivity index (χ3n) is 5.90. The number of rotatable bonds is 8. The SMILES string of the molecule is COc1ccccc1-c1nn(-c2ccccc2)cc1C(=O)NCCCN1CCCCCC1=O. The van der Waals surface area contributed by atoms with Crippen molar-refractivity contribution >= 4 is 11.8 Å². The van der Waals surface area contributed by atoms with Gasteiger partial charge in [0.05, 0.1) is 18.4 Å². The van der Waals surface area contributed by atoms with Crippen LogP contribution in [0.1, 0.15) is 42.5 Å². The highest BCUT2D eigenvalue weighted by Crippen LogP contribution is 2.31. The van der Waals surface area contributed by atoms with Crippen LogP contribution in [0.4, 0.5) is 0 Å². The average Bonchev–Trinajstić information content (AvgIpc) is 3.20. The second-order valence-electron chi connectivity index (χ2n) is 8.17. The van der Waals surface area contributed by atoms with Crippen LogP contribution in [0.3, 0.4) is 0 Å². The van der Waals surface area contributed by atoms with Gasteiger partial charge in [-0.25, -0.2) is 4.68 Å². The molecule has 0 atom stereocenters. The second-order valence-corrected chi connectivity index (χ2v) is 8.17. The first kappa shape index (κ1) is 22.6. The predicted octanol–water partition coefficient (Wildman–Crippen LogP) is 4.07. The van der Waals surface area contributed by atoms with E-state index in [4.69, 9.17) is 9.84 Å². The van der Waals surface area contributed by atoms with Crippen LogP contribution in [-0.4, -0.2) is 53.2 Å². The number of carbonyl (C=O) groups is 2. The lowest BCUT2D eigenvalue weighted by atomic mass is 10.1. The Labute approximate surface area is 194 Å². The number of nitrogens with one attached hydrogen (secondary N) is 1. The van der Waals surface area contributed by atoms with Gasteiger partial charge in [0.1, 0.15) is 11.4 Å². The summed E-state index contributed by atoms with van der Waals surface area (Å²) in [5, 5.41) is 7.74. The van der Waals surface area contributed by atoms with E-state index in [1.807, 2.05) is 59.5 Å². The number of hydrogen-bond acceptors (Lipinski definition) is 4. The highest BCUT2D eigenvalue weighted by Gasteiger charge is 2.21. The number of likely N-dealkylation sites (tertiary alicyclic amines) is 1. The van der Waals surface area contributed by atoms with E-state index in [-0.39, 0.29) is 11.8 Å². The second kappa shape index (κ2) is 10.8. The molecule has 1 aliphatic rings. The van der Waals surface area contributed by atoms with Crippen molar-refractivity contribution in [3.05, 3.63) is 66.4 Å². The third-order valence-corrected chi connectivity index (χ3v) is 5.90. The number of methoxy groups -OCH3 is 1. The van der Waals surface area contributed by atoms with E-state index in [9.17, 15) is 9.59 Å². The lowest BCUT2D eigenvalue weighted by Crippen LogP contribution is -2.34. The van der Waals surface area contributed by atoms with Gasteiger partial charge in [-0.05, 0) is 43.5 Å². The Hall–Kier alpha value is -3.61. The van der Waals surface area contributed by atoms with Crippen LogP contribution >= 0.6 is 0 Å². The van der Waals surface area contributed by atoms with Crippen LogP contribution in [0.15, 0.2) is 60.8 Å². The number of ether oxygens (including phenoxy) is 1. The van der Waals surface area contributed by atoms with Gasteiger partial charge in [0, 0.05) is 37.8 Å². The molecule has 3 aromatic rings. The molecule has 1 aromatic heterocycles. The molecule has 172 valence electrons. The maximum absolute atomic E-state index is 13.2. The Morgan fingerprint density at radius 1 is 1.06 bits per heavy atom. The molecule has 0 saturated carbocycles. The van der Waals surface area contributed by atoms with Crippen LogP contribution in [0.25, 0.3) is 16.9 Å². The van der Waals surface area contributed by atoms with Gasteiger partial charge in [-0.1, -0.05) is 36.8 Å². The quantitative estimate of drug-likeness (QED) is 0.529. The minimum absolute atomic E-state index is 0.194. The molecule has 0 spiro atoms. The Morgan fingerprint density at radius 3 is 2.67 bits per heavy atom. The van der Waals surface area contributed by atoms with Crippen molar-refractivity contribution in [2.24, 2.45) is 0 Å². The number of carbonyl (C=O) groups excluding carboxylic acids is 2. The van der Waals surface area contributed by atoms with Crippen LogP contribution in [0.2, 0.25) is 0 Å². The summed E-state index contributed by atoms with van der Waals surface area (Å²) < 4.78 is 7.23. The first-order valence-electron chi connectivity index (χ1n) is 11.5. The Morgan fingerprint density at radius 2 is 1.85 bits per heavy atom. The molecule has 2 amide bonds. The van der Waals surface area contributed by atoms with Crippen LogP contribution in [-0.2, 0) is 4.79 Å². The van der Waals surface area contributed by atoms with Gasteiger partial charge in [-0.2, -0.15) is 5.10 Å². The Balaban J connectivity index is 1.51. The zero-order chi connectivity index (χ0) is 23.0. The van der Waals surface area contributed by atoms with Gasteiger partial charge in [0.2, 0.25) is 5.91 Å². The fraction of sp³-hybridized carbons (Fsp3) is 0.346. The van der Waals surface area contributed by atoms with Crippen molar-refractivity contribution in [3.63, 3.8) is 0 Å². The molecule has 0 bridgehead atoms.